The van der Waals surface area contributed by atoms with E-state index in [-0.39, 0.29) is 22.5 Å². The Morgan fingerprint density at radius 3 is 1.32 bits per heavy atom. The molecule has 2 aromatic rings. The van der Waals surface area contributed by atoms with Gasteiger partial charge < -0.3 is 0 Å². The van der Waals surface area contributed by atoms with Crippen molar-refractivity contribution in [3.05, 3.63) is 59.7 Å². The summed E-state index contributed by atoms with van der Waals surface area (Å²) in [6, 6.07) is 10.4. The number of hydrogen-bond acceptors (Lipinski definition) is 8. The van der Waals surface area contributed by atoms with Crippen molar-refractivity contribution in [2.45, 2.75) is 9.79 Å². The lowest BCUT2D eigenvalue weighted by atomic mass is 10.1. The molecule has 8 nitrogen and oxygen atoms in total. The molecule has 2 rings (SSSR count). The van der Waals surface area contributed by atoms with Crippen molar-refractivity contribution >= 4 is 66.4 Å². The van der Waals surface area contributed by atoms with Gasteiger partial charge in [-0.1, -0.05) is 36.4 Å². The van der Waals surface area contributed by atoms with Gasteiger partial charge in [0.25, 0.3) is 20.2 Å². The highest BCUT2D eigenvalue weighted by Crippen LogP contribution is 2.34. The summed E-state index contributed by atoms with van der Waals surface area (Å²) >= 11 is 9.21. The van der Waals surface area contributed by atoms with E-state index < -0.39 is 30.0 Å². The van der Waals surface area contributed by atoms with Crippen LogP contribution in [0.3, 0.4) is 0 Å². The van der Waals surface area contributed by atoms with Gasteiger partial charge in [-0.25, -0.2) is 0 Å². The van der Waals surface area contributed by atoms with Crippen LogP contribution in [0.25, 0.3) is 11.4 Å². The summed E-state index contributed by atoms with van der Waals surface area (Å²) in [4.78, 5) is 6.54. The van der Waals surface area contributed by atoms with Crippen LogP contribution in [0.15, 0.2) is 68.3 Å². The molecule has 0 saturated heterocycles. The molecular formula is C16H10N2O6S4. The summed E-state index contributed by atoms with van der Waals surface area (Å²) in [5.41, 5.74) is -0.790. The average Bonchev–Trinajstić information content (AvgIpc) is 2.63. The van der Waals surface area contributed by atoms with Gasteiger partial charge in [0.05, 0.1) is 10.3 Å². The molecule has 0 aliphatic carbocycles. The highest BCUT2D eigenvalue weighted by molar-refractivity contribution is 7.86. The quantitative estimate of drug-likeness (QED) is 0.294. The molecule has 0 radical (unpaired) electrons. The summed E-state index contributed by atoms with van der Waals surface area (Å²) < 4.78 is 66.0. The molecule has 144 valence electrons. The minimum atomic E-state index is -4.68. The minimum Gasteiger partial charge on any atom is -0.282 e. The van der Waals surface area contributed by atoms with Gasteiger partial charge in [0.15, 0.2) is 0 Å². The average molecular weight is 455 g/mol. The van der Waals surface area contributed by atoms with Gasteiger partial charge in [-0.15, -0.1) is 0 Å². The molecule has 0 spiro atoms. The lowest BCUT2D eigenvalue weighted by Gasteiger charge is -2.12. The summed E-state index contributed by atoms with van der Waals surface area (Å²) in [6.45, 7) is 0. The molecule has 2 N–H and O–H groups in total. The van der Waals surface area contributed by atoms with Gasteiger partial charge in [0.2, 0.25) is 0 Å². The van der Waals surface area contributed by atoms with Crippen molar-refractivity contribution in [1.29, 1.82) is 0 Å². The smallest absolute Gasteiger partial charge is 0.282 e. The zero-order valence-corrected chi connectivity index (χ0v) is 16.9. The lowest BCUT2D eigenvalue weighted by molar-refractivity contribution is 0.480. The maximum Gasteiger partial charge on any atom is 0.295 e. The second-order valence-electron chi connectivity index (χ2n) is 5.05. The first-order valence-corrected chi connectivity index (χ1v) is 10.8. The second kappa shape index (κ2) is 8.74. The molecule has 0 atom stereocenters. The number of hydrogen-bond donors (Lipinski definition) is 2. The van der Waals surface area contributed by atoms with E-state index in [1.54, 1.807) is 0 Å². The first-order valence-electron chi connectivity index (χ1n) is 7.15. The van der Waals surface area contributed by atoms with Crippen LogP contribution >= 0.6 is 24.4 Å². The zero-order chi connectivity index (χ0) is 20.9. The molecule has 0 saturated carbocycles. The first kappa shape index (κ1) is 21.9. The molecule has 0 aliphatic rings. The Morgan fingerprint density at radius 2 is 1.04 bits per heavy atom. The molecule has 0 fully saturated rings. The van der Waals surface area contributed by atoms with E-state index in [2.05, 4.69) is 44.7 Å². The second-order valence-corrected chi connectivity index (χ2v) is 8.19. The van der Waals surface area contributed by atoms with E-state index in [0.29, 0.717) is 0 Å². The number of rotatable bonds is 6. The number of isothiocyanates is 2. The fraction of sp³-hybridized carbons (Fsp3) is 0. The van der Waals surface area contributed by atoms with Crippen molar-refractivity contribution in [3.8, 4) is 0 Å². The standard InChI is InChI=1S/C16H10N2O6S4/c19-27(20,21)13-7-3-1-5-11(13)15(17-9-25)16(18-10-26)12-6-2-4-8-14(12)28(22,23)24/h1-8H,(H,19,20,21)(H,22,23,24)/b16-15+. The van der Waals surface area contributed by atoms with Crippen LogP contribution in [-0.4, -0.2) is 36.3 Å². The number of nitrogens with zero attached hydrogens (tertiary/aromatic N) is 2. The SMILES string of the molecule is O=S(=O)(O)c1ccccc1/C(N=C=S)=C(\N=C=S)c1ccccc1S(=O)(=O)O. The number of thiocarbonyl (C=S) groups is 2. The molecule has 0 amide bonds. The zero-order valence-electron chi connectivity index (χ0n) is 13.7. The molecule has 12 heteroatoms. The third-order valence-electron chi connectivity index (χ3n) is 3.38. The summed E-state index contributed by atoms with van der Waals surface area (Å²) in [5, 5.41) is 4.10. The highest BCUT2D eigenvalue weighted by Gasteiger charge is 2.24. The third-order valence-corrected chi connectivity index (χ3v) is 5.39. The predicted molar refractivity (Wildman–Crippen MR) is 109 cm³/mol. The summed E-state index contributed by atoms with van der Waals surface area (Å²) in [6.07, 6.45) is 0. The van der Waals surface area contributed by atoms with Crippen LogP contribution in [0, 0.1) is 0 Å². The van der Waals surface area contributed by atoms with Gasteiger partial charge >= 0.3 is 0 Å². The van der Waals surface area contributed by atoms with Crippen LogP contribution < -0.4 is 0 Å². The monoisotopic (exact) mass is 454 g/mol. The minimum absolute atomic E-state index is 0.142. The molecule has 0 aromatic heterocycles. The maximum absolute atomic E-state index is 11.7. The van der Waals surface area contributed by atoms with Gasteiger partial charge in [0, 0.05) is 11.1 Å². The largest absolute Gasteiger partial charge is 0.295 e. The Bertz CT molecular complexity index is 1170. The Balaban J connectivity index is 3.08. The number of aliphatic imine (C=N–C) groups is 2. The van der Waals surface area contributed by atoms with E-state index >= 15 is 0 Å². The van der Waals surface area contributed by atoms with Crippen LogP contribution in [0.5, 0.6) is 0 Å². The van der Waals surface area contributed by atoms with Crippen LogP contribution in [0.4, 0.5) is 0 Å². The molecule has 2 aromatic carbocycles. The lowest BCUT2D eigenvalue weighted by Crippen LogP contribution is -2.05. The molecule has 0 aliphatic heterocycles. The molecular weight excluding hydrogens is 444 g/mol. The van der Waals surface area contributed by atoms with Crippen molar-refractivity contribution in [2.24, 2.45) is 9.98 Å². The van der Waals surface area contributed by atoms with E-state index in [9.17, 15) is 25.9 Å². The van der Waals surface area contributed by atoms with Crippen LogP contribution in [0.2, 0.25) is 0 Å². The van der Waals surface area contributed by atoms with Crippen LogP contribution in [-0.2, 0) is 20.2 Å². The van der Waals surface area contributed by atoms with Crippen molar-refractivity contribution in [3.63, 3.8) is 0 Å². The summed E-state index contributed by atoms with van der Waals surface area (Å²) in [5.74, 6) is 0. The molecule has 0 bridgehead atoms. The Morgan fingerprint density at radius 1 is 0.714 bits per heavy atom. The van der Waals surface area contributed by atoms with E-state index in [1.165, 1.54) is 36.4 Å². The topological polar surface area (TPSA) is 133 Å². The third kappa shape index (κ3) is 4.90. The Hall–Kier alpha value is -2.40. The van der Waals surface area contributed by atoms with E-state index in [0.717, 1.165) is 12.1 Å². The van der Waals surface area contributed by atoms with Crippen LogP contribution in [0.1, 0.15) is 11.1 Å². The van der Waals surface area contributed by atoms with Gasteiger partial charge in [-0.05, 0) is 36.6 Å². The van der Waals surface area contributed by atoms with E-state index in [1.807, 2.05) is 0 Å². The van der Waals surface area contributed by atoms with Gasteiger partial charge in [0.1, 0.15) is 21.2 Å². The van der Waals surface area contributed by atoms with Gasteiger partial charge in [-0.3, -0.25) is 9.11 Å². The summed E-state index contributed by atoms with van der Waals surface area (Å²) in [7, 11) is -9.36. The number of benzene rings is 2. The Kier molecular flexibility index (Phi) is 6.83. The molecule has 0 unspecified atom stereocenters. The normalized spacial score (nSPS) is 12.4. The van der Waals surface area contributed by atoms with Crippen molar-refractivity contribution in [2.75, 3.05) is 0 Å². The van der Waals surface area contributed by atoms with Crippen molar-refractivity contribution < 1.29 is 25.9 Å². The molecule has 28 heavy (non-hydrogen) atoms. The highest BCUT2D eigenvalue weighted by atomic mass is 32.2. The maximum atomic E-state index is 11.7. The predicted octanol–water partition coefficient (Wildman–Crippen LogP) is 3.21. The van der Waals surface area contributed by atoms with Gasteiger partial charge in [-0.2, -0.15) is 26.8 Å². The first-order chi connectivity index (χ1) is 13.1. The molecule has 0 heterocycles. The Labute approximate surface area is 171 Å². The van der Waals surface area contributed by atoms with Crippen molar-refractivity contribution in [1.82, 2.24) is 0 Å². The van der Waals surface area contributed by atoms with E-state index in [4.69, 9.17) is 0 Å². The fourth-order valence-corrected chi connectivity index (χ4v) is 3.92. The fourth-order valence-electron chi connectivity index (χ4n) is 2.35.